The van der Waals surface area contributed by atoms with Crippen molar-refractivity contribution in [1.29, 1.82) is 0 Å². The molecule has 142 valence electrons. The summed E-state index contributed by atoms with van der Waals surface area (Å²) in [5.74, 6) is 0.596. The number of nitrogens with zero attached hydrogens (tertiary/aromatic N) is 3. The van der Waals surface area contributed by atoms with E-state index in [1.807, 2.05) is 26.8 Å². The Bertz CT molecular complexity index is 948. The lowest BCUT2D eigenvalue weighted by atomic mass is 10.1. The largest absolute Gasteiger partial charge is 0.433 e. The quantitative estimate of drug-likeness (QED) is 0.681. The van der Waals surface area contributed by atoms with Crippen LogP contribution < -0.4 is 10.6 Å². The third kappa shape index (κ3) is 4.64. The highest BCUT2D eigenvalue weighted by Crippen LogP contribution is 2.31. The molecule has 0 spiro atoms. The van der Waals surface area contributed by atoms with Crippen LogP contribution in [0.4, 0.5) is 24.7 Å². The number of alkyl halides is 3. The monoisotopic (exact) mass is 375 g/mol. The third-order valence-corrected chi connectivity index (χ3v) is 3.72. The summed E-state index contributed by atoms with van der Waals surface area (Å²) in [4.78, 5) is 12.2. The van der Waals surface area contributed by atoms with Crippen molar-refractivity contribution in [3.05, 3.63) is 54.0 Å². The smallest absolute Gasteiger partial charge is 0.380 e. The minimum atomic E-state index is -4.50. The molecule has 0 radical (unpaired) electrons. The number of hydrogen-bond acceptors (Lipinski definition) is 5. The molecule has 3 aromatic heterocycles. The van der Waals surface area contributed by atoms with E-state index in [9.17, 15) is 13.2 Å². The van der Waals surface area contributed by atoms with Crippen LogP contribution in [0.1, 0.15) is 32.0 Å². The fraction of sp³-hybridized carbons (Fsp3) is 0.316. The molecule has 0 saturated carbocycles. The minimum Gasteiger partial charge on any atom is -0.380 e. The van der Waals surface area contributed by atoms with Crippen molar-refractivity contribution >= 4 is 22.5 Å². The van der Waals surface area contributed by atoms with Gasteiger partial charge in [-0.05, 0) is 39.0 Å². The summed E-state index contributed by atoms with van der Waals surface area (Å²) in [7, 11) is 0. The molecule has 3 aromatic rings. The molecular formula is C19H20F3N5. The zero-order valence-corrected chi connectivity index (χ0v) is 15.2. The van der Waals surface area contributed by atoms with Crippen molar-refractivity contribution in [2.24, 2.45) is 0 Å². The van der Waals surface area contributed by atoms with Crippen LogP contribution in [-0.4, -0.2) is 20.5 Å². The number of rotatable bonds is 4. The van der Waals surface area contributed by atoms with Gasteiger partial charge in [-0.3, -0.25) is 4.98 Å². The third-order valence-electron chi connectivity index (χ3n) is 3.72. The Kier molecular flexibility index (Phi) is 4.91. The first-order valence-electron chi connectivity index (χ1n) is 8.42. The number of nitrogens with one attached hydrogen (secondary N) is 2. The van der Waals surface area contributed by atoms with Crippen molar-refractivity contribution < 1.29 is 13.2 Å². The highest BCUT2D eigenvalue weighted by molar-refractivity contribution is 5.90. The molecule has 0 unspecified atom stereocenters. The average Bonchev–Trinajstić information content (AvgIpc) is 2.57. The van der Waals surface area contributed by atoms with Crippen LogP contribution in [0.2, 0.25) is 0 Å². The zero-order chi connectivity index (χ0) is 19.7. The molecule has 3 rings (SSSR count). The topological polar surface area (TPSA) is 62.7 Å². The van der Waals surface area contributed by atoms with Crippen LogP contribution in [0, 0.1) is 0 Å². The minimum absolute atomic E-state index is 0.0222. The van der Waals surface area contributed by atoms with E-state index in [0.717, 1.165) is 11.6 Å². The summed E-state index contributed by atoms with van der Waals surface area (Å²) in [6.45, 7) is 5.96. The second-order valence-electron chi connectivity index (χ2n) is 7.17. The highest BCUT2D eigenvalue weighted by atomic mass is 19.4. The SMILES string of the molecule is CC(C)(C)Nc1cc(NCc2cccnc2C(F)(F)F)c2cccnc2n1. The summed E-state index contributed by atoms with van der Waals surface area (Å²) < 4.78 is 39.5. The summed E-state index contributed by atoms with van der Waals surface area (Å²) in [6, 6.07) is 8.27. The average molecular weight is 375 g/mol. The molecule has 0 saturated heterocycles. The molecule has 8 heteroatoms. The zero-order valence-electron chi connectivity index (χ0n) is 15.2. The van der Waals surface area contributed by atoms with Gasteiger partial charge in [-0.15, -0.1) is 0 Å². The maximum atomic E-state index is 13.2. The molecule has 2 N–H and O–H groups in total. The van der Waals surface area contributed by atoms with Gasteiger partial charge in [0.1, 0.15) is 11.5 Å². The summed E-state index contributed by atoms with van der Waals surface area (Å²) >= 11 is 0. The maximum Gasteiger partial charge on any atom is 0.433 e. The molecule has 3 heterocycles. The maximum absolute atomic E-state index is 13.2. The van der Waals surface area contributed by atoms with Gasteiger partial charge < -0.3 is 10.6 Å². The molecular weight excluding hydrogens is 355 g/mol. The van der Waals surface area contributed by atoms with Gasteiger partial charge in [0.15, 0.2) is 5.65 Å². The van der Waals surface area contributed by atoms with Crippen molar-refractivity contribution in [2.75, 3.05) is 10.6 Å². The summed E-state index contributed by atoms with van der Waals surface area (Å²) in [5, 5.41) is 7.08. The Morgan fingerprint density at radius 3 is 2.41 bits per heavy atom. The van der Waals surface area contributed by atoms with Crippen LogP contribution in [0.5, 0.6) is 0 Å². The van der Waals surface area contributed by atoms with Crippen molar-refractivity contribution in [2.45, 2.75) is 39.0 Å². The van der Waals surface area contributed by atoms with E-state index < -0.39 is 11.9 Å². The Labute approximate surface area is 155 Å². The lowest BCUT2D eigenvalue weighted by molar-refractivity contribution is -0.141. The molecule has 0 atom stereocenters. The van der Waals surface area contributed by atoms with E-state index in [1.54, 1.807) is 18.3 Å². The normalized spacial score (nSPS) is 12.2. The van der Waals surface area contributed by atoms with Crippen LogP contribution in [-0.2, 0) is 12.7 Å². The predicted molar refractivity (Wildman–Crippen MR) is 99.5 cm³/mol. The first-order chi connectivity index (χ1) is 12.6. The van der Waals surface area contributed by atoms with Gasteiger partial charge in [0.2, 0.25) is 0 Å². The second kappa shape index (κ2) is 7.02. The second-order valence-corrected chi connectivity index (χ2v) is 7.17. The molecule has 0 fully saturated rings. The van der Waals surface area contributed by atoms with Gasteiger partial charge in [-0.25, -0.2) is 9.97 Å². The van der Waals surface area contributed by atoms with Crippen LogP contribution in [0.3, 0.4) is 0 Å². The van der Waals surface area contributed by atoms with Gasteiger partial charge in [0.25, 0.3) is 0 Å². The standard InChI is InChI=1S/C19H20F3N5/c1-18(2,3)27-15-10-14(13-7-5-9-24-17(13)26-15)25-11-12-6-4-8-23-16(12)19(20,21)22/h4-10H,11H2,1-3H3,(H2,24,25,26,27). The highest BCUT2D eigenvalue weighted by Gasteiger charge is 2.34. The number of fused-ring (bicyclic) bond motifs is 1. The first kappa shape index (κ1) is 18.9. The van der Waals surface area contributed by atoms with Gasteiger partial charge in [0.05, 0.1) is 0 Å². The number of halogens is 3. The van der Waals surface area contributed by atoms with Gasteiger partial charge in [-0.2, -0.15) is 13.2 Å². The molecule has 5 nitrogen and oxygen atoms in total. The Balaban J connectivity index is 1.95. The lowest BCUT2D eigenvalue weighted by Gasteiger charge is -2.22. The Morgan fingerprint density at radius 1 is 1.00 bits per heavy atom. The molecule has 0 aliphatic rings. The number of hydrogen-bond donors (Lipinski definition) is 2. The van der Waals surface area contributed by atoms with E-state index in [1.165, 1.54) is 12.1 Å². The Morgan fingerprint density at radius 2 is 1.70 bits per heavy atom. The van der Waals surface area contributed by atoms with Crippen molar-refractivity contribution in [3.63, 3.8) is 0 Å². The van der Waals surface area contributed by atoms with Crippen LogP contribution in [0.25, 0.3) is 11.0 Å². The van der Waals surface area contributed by atoms with Crippen molar-refractivity contribution in [3.8, 4) is 0 Å². The van der Waals surface area contributed by atoms with Gasteiger partial charge >= 0.3 is 6.18 Å². The molecule has 0 aliphatic carbocycles. The van der Waals surface area contributed by atoms with E-state index in [2.05, 4.69) is 25.6 Å². The Hall–Kier alpha value is -2.90. The van der Waals surface area contributed by atoms with E-state index in [-0.39, 0.29) is 17.6 Å². The lowest BCUT2D eigenvalue weighted by Crippen LogP contribution is -2.26. The van der Waals surface area contributed by atoms with Crippen LogP contribution in [0.15, 0.2) is 42.7 Å². The van der Waals surface area contributed by atoms with E-state index >= 15 is 0 Å². The van der Waals surface area contributed by atoms with Gasteiger partial charge in [0, 0.05) is 47.2 Å². The van der Waals surface area contributed by atoms with E-state index in [4.69, 9.17) is 0 Å². The number of anilines is 2. The summed E-state index contributed by atoms with van der Waals surface area (Å²) in [5.41, 5.74) is 0.124. The molecule has 0 aliphatic heterocycles. The number of pyridine rings is 3. The fourth-order valence-corrected chi connectivity index (χ4v) is 2.68. The summed E-state index contributed by atoms with van der Waals surface area (Å²) in [6.07, 6.45) is -1.73. The molecule has 0 amide bonds. The fourth-order valence-electron chi connectivity index (χ4n) is 2.68. The molecule has 0 bridgehead atoms. The van der Waals surface area contributed by atoms with E-state index in [0.29, 0.717) is 17.2 Å². The first-order valence-corrected chi connectivity index (χ1v) is 8.42. The molecule has 27 heavy (non-hydrogen) atoms. The van der Waals surface area contributed by atoms with Gasteiger partial charge in [-0.1, -0.05) is 6.07 Å². The number of aromatic nitrogens is 3. The molecule has 0 aromatic carbocycles. The predicted octanol–water partition coefficient (Wildman–Crippen LogP) is 4.87. The van der Waals surface area contributed by atoms with Crippen LogP contribution >= 0.6 is 0 Å². The van der Waals surface area contributed by atoms with Crippen molar-refractivity contribution in [1.82, 2.24) is 15.0 Å².